The predicted octanol–water partition coefficient (Wildman–Crippen LogP) is 4.90. The molecule has 0 spiro atoms. The van der Waals surface area contributed by atoms with Crippen molar-refractivity contribution in [2.45, 2.75) is 6.42 Å². The number of pyridine rings is 1. The molecule has 0 aliphatic heterocycles. The minimum absolute atomic E-state index is 0.00839. The van der Waals surface area contributed by atoms with Crippen molar-refractivity contribution >= 4 is 43.5 Å². The third-order valence-corrected chi connectivity index (χ3v) is 4.77. The van der Waals surface area contributed by atoms with Crippen LogP contribution in [0.2, 0.25) is 0 Å². The van der Waals surface area contributed by atoms with Gasteiger partial charge in [-0.3, -0.25) is 9.78 Å². The summed E-state index contributed by atoms with van der Waals surface area (Å²) in [6, 6.07) is 17.8. The second-order valence-electron chi connectivity index (χ2n) is 5.44. The SMILES string of the molecule is O=C(Cc1ccccc1Br)c1nccc2c1[nH]c1ccccc12. The van der Waals surface area contributed by atoms with Crippen molar-refractivity contribution in [2.75, 3.05) is 0 Å². The summed E-state index contributed by atoms with van der Waals surface area (Å²) in [7, 11) is 0. The summed E-state index contributed by atoms with van der Waals surface area (Å²) in [5, 5.41) is 2.14. The third kappa shape index (κ3) is 2.45. The molecule has 0 amide bonds. The fraction of sp³-hybridized carbons (Fsp3) is 0.0526. The molecule has 112 valence electrons. The molecule has 2 aromatic carbocycles. The van der Waals surface area contributed by atoms with E-state index in [4.69, 9.17) is 0 Å². The lowest BCUT2D eigenvalue weighted by Crippen LogP contribution is -2.07. The number of nitrogens with zero attached hydrogens (tertiary/aromatic N) is 1. The molecule has 0 aliphatic rings. The highest BCUT2D eigenvalue weighted by molar-refractivity contribution is 9.10. The third-order valence-electron chi connectivity index (χ3n) is 4.00. The van der Waals surface area contributed by atoms with E-state index in [1.165, 1.54) is 0 Å². The van der Waals surface area contributed by atoms with Gasteiger partial charge in [-0.05, 0) is 23.8 Å². The van der Waals surface area contributed by atoms with Crippen LogP contribution in [-0.4, -0.2) is 15.8 Å². The summed E-state index contributed by atoms with van der Waals surface area (Å²) in [6.45, 7) is 0. The van der Waals surface area contributed by atoms with Crippen LogP contribution in [0.4, 0.5) is 0 Å². The maximum atomic E-state index is 12.8. The van der Waals surface area contributed by atoms with Crippen molar-refractivity contribution < 1.29 is 4.79 Å². The number of hydrogen-bond donors (Lipinski definition) is 1. The Morgan fingerprint density at radius 3 is 2.65 bits per heavy atom. The highest BCUT2D eigenvalue weighted by atomic mass is 79.9. The van der Waals surface area contributed by atoms with Gasteiger partial charge in [0.25, 0.3) is 0 Å². The van der Waals surface area contributed by atoms with E-state index in [1.807, 2.05) is 48.5 Å². The van der Waals surface area contributed by atoms with Crippen LogP contribution in [0.15, 0.2) is 65.3 Å². The molecule has 4 rings (SSSR count). The molecule has 0 bridgehead atoms. The van der Waals surface area contributed by atoms with Crippen LogP contribution < -0.4 is 0 Å². The highest BCUT2D eigenvalue weighted by Crippen LogP contribution is 2.27. The van der Waals surface area contributed by atoms with E-state index in [2.05, 4.69) is 32.0 Å². The van der Waals surface area contributed by atoms with Gasteiger partial charge in [-0.25, -0.2) is 0 Å². The van der Waals surface area contributed by atoms with Crippen LogP contribution in [0.1, 0.15) is 16.1 Å². The van der Waals surface area contributed by atoms with Gasteiger partial charge in [0.05, 0.1) is 5.52 Å². The molecule has 0 aliphatic carbocycles. The second-order valence-corrected chi connectivity index (χ2v) is 6.30. The van der Waals surface area contributed by atoms with Gasteiger partial charge in [0.2, 0.25) is 0 Å². The minimum atomic E-state index is 0.00839. The number of ketones is 1. The standard InChI is InChI=1S/C19H13BrN2O/c20-15-7-3-1-5-12(15)11-17(23)19-18-14(9-10-21-19)13-6-2-4-8-16(13)22-18/h1-10,22H,11H2. The van der Waals surface area contributed by atoms with E-state index in [1.54, 1.807) is 6.20 Å². The van der Waals surface area contributed by atoms with Gasteiger partial charge in [-0.1, -0.05) is 52.3 Å². The maximum absolute atomic E-state index is 12.8. The molecule has 0 radical (unpaired) electrons. The molecule has 3 nitrogen and oxygen atoms in total. The molecule has 0 atom stereocenters. The minimum Gasteiger partial charge on any atom is -0.353 e. The number of carbonyl (C=O) groups excluding carboxylic acids is 1. The zero-order chi connectivity index (χ0) is 15.8. The lowest BCUT2D eigenvalue weighted by molar-refractivity contribution is 0.0989. The van der Waals surface area contributed by atoms with E-state index in [0.29, 0.717) is 12.1 Å². The van der Waals surface area contributed by atoms with Crippen molar-refractivity contribution in [3.8, 4) is 0 Å². The number of aromatic amines is 1. The zero-order valence-corrected chi connectivity index (χ0v) is 13.8. The van der Waals surface area contributed by atoms with Crippen LogP contribution in [0.3, 0.4) is 0 Å². The number of aromatic nitrogens is 2. The topological polar surface area (TPSA) is 45.8 Å². The Bertz CT molecular complexity index is 1040. The molecule has 2 aromatic heterocycles. The van der Waals surface area contributed by atoms with Crippen LogP contribution in [0.5, 0.6) is 0 Å². The Kier molecular flexibility index (Phi) is 3.46. The van der Waals surface area contributed by atoms with Gasteiger partial charge in [0.1, 0.15) is 5.69 Å². The number of H-pyrrole nitrogens is 1. The fourth-order valence-electron chi connectivity index (χ4n) is 2.88. The van der Waals surface area contributed by atoms with Crippen LogP contribution in [0, 0.1) is 0 Å². The number of hydrogen-bond acceptors (Lipinski definition) is 2. The molecular formula is C19H13BrN2O. The molecule has 4 aromatic rings. The van der Waals surface area contributed by atoms with Gasteiger partial charge in [-0.15, -0.1) is 0 Å². The van der Waals surface area contributed by atoms with Crippen molar-refractivity contribution in [1.29, 1.82) is 0 Å². The van der Waals surface area contributed by atoms with Crippen molar-refractivity contribution in [3.63, 3.8) is 0 Å². The second kappa shape index (κ2) is 5.63. The Hall–Kier alpha value is -2.46. The molecule has 0 saturated carbocycles. The fourth-order valence-corrected chi connectivity index (χ4v) is 3.31. The van der Waals surface area contributed by atoms with Gasteiger partial charge in [-0.2, -0.15) is 0 Å². The van der Waals surface area contributed by atoms with Crippen molar-refractivity contribution in [2.24, 2.45) is 0 Å². The monoisotopic (exact) mass is 364 g/mol. The smallest absolute Gasteiger partial charge is 0.187 e. The molecule has 2 heterocycles. The predicted molar refractivity (Wildman–Crippen MR) is 95.8 cm³/mol. The number of fused-ring (bicyclic) bond motifs is 3. The zero-order valence-electron chi connectivity index (χ0n) is 12.2. The number of Topliss-reactive ketones (excluding diaryl/α,β-unsaturated/α-hetero) is 1. The number of para-hydroxylation sites is 1. The van der Waals surface area contributed by atoms with Crippen molar-refractivity contribution in [1.82, 2.24) is 9.97 Å². The van der Waals surface area contributed by atoms with E-state index in [0.717, 1.165) is 31.8 Å². The van der Waals surface area contributed by atoms with Crippen LogP contribution in [0.25, 0.3) is 21.8 Å². The molecule has 23 heavy (non-hydrogen) atoms. The average Bonchev–Trinajstić information content (AvgIpc) is 2.95. The molecule has 0 unspecified atom stereocenters. The Morgan fingerprint density at radius 2 is 1.78 bits per heavy atom. The van der Waals surface area contributed by atoms with Crippen LogP contribution >= 0.6 is 15.9 Å². The number of rotatable bonds is 3. The van der Waals surface area contributed by atoms with Gasteiger partial charge < -0.3 is 4.98 Å². The first kappa shape index (κ1) is 14.2. The van der Waals surface area contributed by atoms with Gasteiger partial charge in [0.15, 0.2) is 5.78 Å². The number of halogens is 1. The van der Waals surface area contributed by atoms with E-state index >= 15 is 0 Å². The first-order chi connectivity index (χ1) is 11.2. The first-order valence-corrected chi connectivity index (χ1v) is 8.15. The van der Waals surface area contributed by atoms with Gasteiger partial charge in [0, 0.05) is 33.4 Å². The molecule has 4 heteroatoms. The lowest BCUT2D eigenvalue weighted by Gasteiger charge is -2.04. The maximum Gasteiger partial charge on any atom is 0.187 e. The van der Waals surface area contributed by atoms with E-state index in [-0.39, 0.29) is 5.78 Å². The van der Waals surface area contributed by atoms with Crippen molar-refractivity contribution in [3.05, 3.63) is 76.5 Å². The molecule has 0 saturated heterocycles. The molecular weight excluding hydrogens is 352 g/mol. The normalized spacial score (nSPS) is 11.2. The Labute approximate surface area is 141 Å². The van der Waals surface area contributed by atoms with E-state index < -0.39 is 0 Å². The highest BCUT2D eigenvalue weighted by Gasteiger charge is 2.16. The molecule has 1 N–H and O–H groups in total. The first-order valence-electron chi connectivity index (χ1n) is 7.36. The summed E-state index contributed by atoms with van der Waals surface area (Å²) >= 11 is 3.49. The summed E-state index contributed by atoms with van der Waals surface area (Å²) in [5.41, 5.74) is 3.29. The summed E-state index contributed by atoms with van der Waals surface area (Å²) in [6.07, 6.45) is 2.03. The Morgan fingerprint density at radius 1 is 1.00 bits per heavy atom. The van der Waals surface area contributed by atoms with E-state index in [9.17, 15) is 4.79 Å². The quantitative estimate of drug-likeness (QED) is 0.525. The Balaban J connectivity index is 1.82. The lowest BCUT2D eigenvalue weighted by atomic mass is 10.0. The summed E-state index contributed by atoms with van der Waals surface area (Å²) in [5.74, 6) is 0.00839. The van der Waals surface area contributed by atoms with Gasteiger partial charge >= 0.3 is 0 Å². The molecule has 0 fully saturated rings. The van der Waals surface area contributed by atoms with Crippen LogP contribution in [-0.2, 0) is 6.42 Å². The average molecular weight is 365 g/mol. The summed E-state index contributed by atoms with van der Waals surface area (Å²) in [4.78, 5) is 20.4. The number of benzene rings is 2. The number of carbonyl (C=O) groups is 1. The number of nitrogens with one attached hydrogen (secondary N) is 1. The largest absolute Gasteiger partial charge is 0.353 e. The summed E-state index contributed by atoms with van der Waals surface area (Å²) < 4.78 is 0.942.